The SMILES string of the molecule is [CH2]Sc1nc2cc(OC(C)=O)c(OC(C)=O)cc2s1. The Balaban J connectivity index is 2.53. The number of carbonyl (C=O) groups is 2. The average molecular weight is 296 g/mol. The van der Waals surface area contributed by atoms with Gasteiger partial charge < -0.3 is 9.47 Å². The number of aromatic nitrogens is 1. The molecule has 0 aliphatic heterocycles. The van der Waals surface area contributed by atoms with Crippen molar-refractivity contribution in [3.8, 4) is 11.5 Å². The molecule has 5 nitrogen and oxygen atoms in total. The molecule has 0 bridgehead atoms. The predicted molar refractivity (Wildman–Crippen MR) is 73.5 cm³/mol. The molecule has 0 saturated heterocycles. The van der Waals surface area contributed by atoms with E-state index in [0.29, 0.717) is 5.52 Å². The molecule has 0 fully saturated rings. The smallest absolute Gasteiger partial charge is 0.308 e. The molecular formula is C12H10NO4S2. The largest absolute Gasteiger partial charge is 0.423 e. The molecule has 0 spiro atoms. The Labute approximate surface area is 117 Å². The molecular weight excluding hydrogens is 286 g/mol. The van der Waals surface area contributed by atoms with Crippen LogP contribution in [0.25, 0.3) is 10.2 Å². The minimum Gasteiger partial charge on any atom is -0.423 e. The van der Waals surface area contributed by atoms with Crippen LogP contribution in [0.5, 0.6) is 11.5 Å². The maximum Gasteiger partial charge on any atom is 0.308 e. The number of nitrogens with zero attached hydrogens (tertiary/aromatic N) is 1. The first-order valence-electron chi connectivity index (χ1n) is 5.23. The van der Waals surface area contributed by atoms with E-state index >= 15 is 0 Å². The summed E-state index contributed by atoms with van der Waals surface area (Å²) in [5, 5.41) is 0. The number of thiazole rings is 1. The van der Waals surface area contributed by atoms with Crippen molar-refractivity contribution in [2.24, 2.45) is 0 Å². The van der Waals surface area contributed by atoms with Crippen molar-refractivity contribution >= 4 is 45.3 Å². The van der Waals surface area contributed by atoms with Crippen molar-refractivity contribution in [1.82, 2.24) is 4.98 Å². The average Bonchev–Trinajstić information content (AvgIpc) is 2.70. The highest BCUT2D eigenvalue weighted by atomic mass is 32.2. The van der Waals surface area contributed by atoms with Crippen LogP contribution in [-0.2, 0) is 9.59 Å². The number of fused-ring (bicyclic) bond motifs is 1. The fourth-order valence-electron chi connectivity index (χ4n) is 1.45. The van der Waals surface area contributed by atoms with Crippen molar-refractivity contribution in [2.45, 2.75) is 18.2 Å². The predicted octanol–water partition coefficient (Wildman–Crippen LogP) is 3.03. The van der Waals surface area contributed by atoms with Crippen molar-refractivity contribution in [2.75, 3.05) is 0 Å². The van der Waals surface area contributed by atoms with Gasteiger partial charge in [-0.25, -0.2) is 4.98 Å². The molecule has 0 N–H and O–H groups in total. The van der Waals surface area contributed by atoms with Gasteiger partial charge in [0.25, 0.3) is 0 Å². The minimum atomic E-state index is -0.491. The lowest BCUT2D eigenvalue weighted by molar-refractivity contribution is -0.134. The maximum atomic E-state index is 11.1. The molecule has 0 amide bonds. The summed E-state index contributed by atoms with van der Waals surface area (Å²) in [4.78, 5) is 26.4. The molecule has 0 atom stereocenters. The van der Waals surface area contributed by atoms with Gasteiger partial charge in [0, 0.05) is 32.2 Å². The fraction of sp³-hybridized carbons (Fsp3) is 0.167. The lowest BCUT2D eigenvalue weighted by Crippen LogP contribution is -2.07. The van der Waals surface area contributed by atoms with Gasteiger partial charge in [0.2, 0.25) is 0 Å². The first-order valence-corrected chi connectivity index (χ1v) is 7.03. The molecule has 1 aromatic carbocycles. The van der Waals surface area contributed by atoms with Crippen LogP contribution in [-0.4, -0.2) is 16.9 Å². The number of rotatable bonds is 3. The van der Waals surface area contributed by atoms with Gasteiger partial charge in [0.05, 0.1) is 10.2 Å². The van der Waals surface area contributed by atoms with Crippen LogP contribution in [0.1, 0.15) is 13.8 Å². The Bertz CT molecular complexity index is 597. The van der Waals surface area contributed by atoms with E-state index in [4.69, 9.17) is 9.47 Å². The highest BCUT2D eigenvalue weighted by molar-refractivity contribution is 8.02. The molecule has 19 heavy (non-hydrogen) atoms. The molecule has 0 aliphatic carbocycles. The van der Waals surface area contributed by atoms with Crippen LogP contribution in [0, 0.1) is 6.26 Å². The number of thioether (sulfide) groups is 1. The standard InChI is InChI=1S/C12H10NO4S2/c1-6(14)16-9-4-8-11(19-12(13-8)18-3)5-10(9)17-7(2)15/h4-5H,3H2,1-2H3. The molecule has 99 valence electrons. The fourth-order valence-corrected chi connectivity index (χ4v) is 2.82. The highest BCUT2D eigenvalue weighted by Gasteiger charge is 2.14. The molecule has 0 unspecified atom stereocenters. The summed E-state index contributed by atoms with van der Waals surface area (Å²) in [6, 6.07) is 3.21. The second kappa shape index (κ2) is 5.58. The molecule has 1 radical (unpaired) electrons. The number of hydrogen-bond acceptors (Lipinski definition) is 7. The Morgan fingerprint density at radius 3 is 2.32 bits per heavy atom. The summed E-state index contributed by atoms with van der Waals surface area (Å²) in [7, 11) is 0. The van der Waals surface area contributed by atoms with Crippen molar-refractivity contribution in [1.29, 1.82) is 0 Å². The van der Waals surface area contributed by atoms with Crippen molar-refractivity contribution in [3.05, 3.63) is 18.4 Å². The van der Waals surface area contributed by atoms with Gasteiger partial charge in [-0.1, -0.05) is 11.8 Å². The highest BCUT2D eigenvalue weighted by Crippen LogP contribution is 2.37. The molecule has 0 aliphatic rings. The summed E-state index contributed by atoms with van der Waals surface area (Å²) >= 11 is 2.70. The van der Waals surface area contributed by atoms with E-state index < -0.39 is 11.9 Å². The van der Waals surface area contributed by atoms with Crippen LogP contribution in [0.4, 0.5) is 0 Å². The summed E-state index contributed by atoms with van der Waals surface area (Å²) in [6.45, 7) is 2.56. The number of ether oxygens (including phenoxy) is 2. The first-order chi connectivity index (χ1) is 8.99. The van der Waals surface area contributed by atoms with Crippen LogP contribution >= 0.6 is 23.1 Å². The van der Waals surface area contributed by atoms with Crippen LogP contribution < -0.4 is 9.47 Å². The van der Waals surface area contributed by atoms with E-state index in [1.54, 1.807) is 12.1 Å². The molecule has 0 saturated carbocycles. The van der Waals surface area contributed by atoms with Gasteiger partial charge in [-0.05, 0) is 0 Å². The Hall–Kier alpha value is -1.60. The summed E-state index contributed by atoms with van der Waals surface area (Å²) in [5.41, 5.74) is 0.670. The van der Waals surface area contributed by atoms with Gasteiger partial charge in [-0.3, -0.25) is 9.59 Å². The third-order valence-electron chi connectivity index (χ3n) is 2.07. The molecule has 1 aromatic heterocycles. The van der Waals surface area contributed by atoms with E-state index in [1.165, 1.54) is 36.9 Å². The number of hydrogen-bond donors (Lipinski definition) is 0. The van der Waals surface area contributed by atoms with E-state index in [1.807, 2.05) is 0 Å². The van der Waals surface area contributed by atoms with Gasteiger partial charge >= 0.3 is 11.9 Å². The zero-order valence-corrected chi connectivity index (χ0v) is 11.9. The van der Waals surface area contributed by atoms with Crippen molar-refractivity contribution in [3.63, 3.8) is 0 Å². The molecule has 2 aromatic rings. The van der Waals surface area contributed by atoms with Gasteiger partial charge in [-0.15, -0.1) is 11.3 Å². The lowest BCUT2D eigenvalue weighted by atomic mass is 10.3. The minimum absolute atomic E-state index is 0.182. The third-order valence-corrected chi connectivity index (χ3v) is 3.82. The van der Waals surface area contributed by atoms with Crippen LogP contribution in [0.2, 0.25) is 0 Å². The lowest BCUT2D eigenvalue weighted by Gasteiger charge is -2.07. The number of carbonyl (C=O) groups excluding carboxylic acids is 2. The molecule has 7 heteroatoms. The van der Waals surface area contributed by atoms with Crippen LogP contribution in [0.3, 0.4) is 0 Å². The van der Waals surface area contributed by atoms with E-state index in [-0.39, 0.29) is 11.5 Å². The molecule has 2 rings (SSSR count). The monoisotopic (exact) mass is 296 g/mol. The first kappa shape index (κ1) is 13.8. The summed E-state index contributed by atoms with van der Waals surface area (Å²) < 4.78 is 11.7. The quantitative estimate of drug-likeness (QED) is 0.493. The van der Waals surface area contributed by atoms with E-state index in [9.17, 15) is 9.59 Å². The number of benzene rings is 1. The Morgan fingerprint density at radius 2 is 1.79 bits per heavy atom. The molecule has 1 heterocycles. The summed E-state index contributed by atoms with van der Waals surface area (Å²) in [6.07, 6.45) is 3.69. The van der Waals surface area contributed by atoms with E-state index in [2.05, 4.69) is 11.2 Å². The topological polar surface area (TPSA) is 65.5 Å². The maximum absolute atomic E-state index is 11.1. The zero-order valence-electron chi connectivity index (χ0n) is 10.3. The third kappa shape index (κ3) is 3.24. The Morgan fingerprint density at radius 1 is 1.21 bits per heavy atom. The van der Waals surface area contributed by atoms with Gasteiger partial charge in [0.15, 0.2) is 15.8 Å². The van der Waals surface area contributed by atoms with Gasteiger partial charge in [0.1, 0.15) is 0 Å². The number of esters is 2. The zero-order chi connectivity index (χ0) is 14.0. The Kier molecular flexibility index (Phi) is 4.06. The van der Waals surface area contributed by atoms with Crippen LogP contribution in [0.15, 0.2) is 16.5 Å². The van der Waals surface area contributed by atoms with Gasteiger partial charge in [-0.2, -0.15) is 0 Å². The van der Waals surface area contributed by atoms with Crippen molar-refractivity contribution < 1.29 is 19.1 Å². The second-order valence-corrected chi connectivity index (χ2v) is 5.54. The van der Waals surface area contributed by atoms with E-state index in [0.717, 1.165) is 9.04 Å². The second-order valence-electron chi connectivity index (χ2n) is 3.58. The summed E-state index contributed by atoms with van der Waals surface area (Å²) in [5.74, 6) is -0.584. The normalized spacial score (nSPS) is 10.5.